The maximum absolute atomic E-state index is 12.6. The first-order valence-electron chi connectivity index (χ1n) is 10.5. The maximum atomic E-state index is 12.6. The van der Waals surface area contributed by atoms with E-state index in [1.807, 2.05) is 10.9 Å². The topological polar surface area (TPSA) is 84.8 Å². The lowest BCUT2D eigenvalue weighted by atomic mass is 10.0. The quantitative estimate of drug-likeness (QED) is 0.684. The van der Waals surface area contributed by atoms with Crippen molar-refractivity contribution in [3.05, 3.63) is 11.9 Å². The second-order valence-electron chi connectivity index (χ2n) is 8.11. The molecule has 3 fully saturated rings. The van der Waals surface area contributed by atoms with Crippen LogP contribution in [0.25, 0.3) is 0 Å². The van der Waals surface area contributed by atoms with Crippen LogP contribution in [0, 0.1) is 5.92 Å². The molecule has 156 valence electrons. The van der Waals surface area contributed by atoms with E-state index in [-0.39, 0.29) is 11.8 Å². The van der Waals surface area contributed by atoms with Gasteiger partial charge in [-0.3, -0.25) is 9.48 Å². The highest BCUT2D eigenvalue weighted by atomic mass is 16.7. The number of nitrogens with one attached hydrogen (secondary N) is 1. The summed E-state index contributed by atoms with van der Waals surface area (Å²) in [5.41, 5.74) is 1.01. The third-order valence-electron chi connectivity index (χ3n) is 6.15. The van der Waals surface area contributed by atoms with Crippen molar-refractivity contribution in [3.8, 4) is 0 Å². The van der Waals surface area contributed by atoms with E-state index in [2.05, 4.69) is 32.5 Å². The van der Waals surface area contributed by atoms with Crippen molar-refractivity contribution in [2.24, 2.45) is 5.92 Å². The number of amides is 1. The van der Waals surface area contributed by atoms with Crippen LogP contribution in [0.15, 0.2) is 6.20 Å². The molecule has 2 saturated heterocycles. The molecule has 1 N–H and O–H groups in total. The van der Waals surface area contributed by atoms with Gasteiger partial charge in [-0.2, -0.15) is 0 Å². The molecule has 9 nitrogen and oxygen atoms in total. The van der Waals surface area contributed by atoms with E-state index < -0.39 is 5.79 Å². The monoisotopic (exact) mass is 392 g/mol. The molecule has 0 bridgehead atoms. The van der Waals surface area contributed by atoms with Crippen LogP contribution in [-0.4, -0.2) is 96.0 Å². The fourth-order valence-corrected chi connectivity index (χ4v) is 4.42. The van der Waals surface area contributed by atoms with Crippen LogP contribution in [0.1, 0.15) is 25.0 Å². The number of carbonyl (C=O) groups excluding carboxylic acids is 1. The second kappa shape index (κ2) is 8.86. The van der Waals surface area contributed by atoms with Crippen molar-refractivity contribution in [1.29, 1.82) is 0 Å². The van der Waals surface area contributed by atoms with Crippen molar-refractivity contribution in [2.45, 2.75) is 38.0 Å². The standard InChI is InChI=1S/C19H32N6O3/c1-23-9-11-24(12-10-23)7-4-16-15-25(22-21-16)8-6-20-18(26)17-3-2-5-19(17)27-13-14-28-19/h15,17H,2-14H2,1H3,(H,20,26). The molecule has 0 radical (unpaired) electrons. The number of hydrogen-bond acceptors (Lipinski definition) is 7. The second-order valence-corrected chi connectivity index (χ2v) is 8.11. The van der Waals surface area contributed by atoms with E-state index >= 15 is 0 Å². The molecule has 1 unspecified atom stereocenters. The predicted molar refractivity (Wildman–Crippen MR) is 103 cm³/mol. The first kappa shape index (κ1) is 19.8. The summed E-state index contributed by atoms with van der Waals surface area (Å²) in [7, 11) is 2.17. The Morgan fingerprint density at radius 1 is 1.25 bits per heavy atom. The molecule has 3 aliphatic rings. The van der Waals surface area contributed by atoms with E-state index in [1.54, 1.807) is 0 Å². The number of carbonyl (C=O) groups is 1. The van der Waals surface area contributed by atoms with Gasteiger partial charge in [-0.25, -0.2) is 0 Å². The van der Waals surface area contributed by atoms with Crippen LogP contribution in [-0.2, 0) is 27.2 Å². The molecule has 1 amide bonds. The van der Waals surface area contributed by atoms with Gasteiger partial charge in [-0.05, 0) is 19.9 Å². The van der Waals surface area contributed by atoms with E-state index in [0.717, 1.165) is 64.1 Å². The molecule has 1 saturated carbocycles. The van der Waals surface area contributed by atoms with Gasteiger partial charge in [0.15, 0.2) is 5.79 Å². The lowest BCUT2D eigenvalue weighted by Crippen LogP contribution is -2.45. The van der Waals surface area contributed by atoms with Gasteiger partial charge in [0, 0.05) is 58.3 Å². The molecule has 28 heavy (non-hydrogen) atoms. The third kappa shape index (κ3) is 4.53. The summed E-state index contributed by atoms with van der Waals surface area (Å²) < 4.78 is 13.3. The first-order chi connectivity index (χ1) is 13.6. The molecule has 1 aliphatic carbocycles. The Bertz CT molecular complexity index is 646. The average molecular weight is 393 g/mol. The molecule has 2 aliphatic heterocycles. The van der Waals surface area contributed by atoms with Crippen LogP contribution in [0.5, 0.6) is 0 Å². The number of likely N-dealkylation sites (N-methyl/N-ethyl adjacent to an activating group) is 1. The Labute approximate surface area is 166 Å². The highest BCUT2D eigenvalue weighted by Crippen LogP contribution is 2.42. The molecule has 1 spiro atoms. The van der Waals surface area contributed by atoms with Crippen molar-refractivity contribution >= 4 is 5.91 Å². The maximum Gasteiger partial charge on any atom is 0.228 e. The van der Waals surface area contributed by atoms with Crippen LogP contribution >= 0.6 is 0 Å². The summed E-state index contributed by atoms with van der Waals surface area (Å²) in [5.74, 6) is -0.854. The summed E-state index contributed by atoms with van der Waals surface area (Å²) in [6, 6.07) is 0. The Balaban J connectivity index is 1.18. The van der Waals surface area contributed by atoms with E-state index in [9.17, 15) is 4.79 Å². The molecule has 1 aromatic heterocycles. The van der Waals surface area contributed by atoms with Crippen molar-refractivity contribution < 1.29 is 14.3 Å². The third-order valence-corrected chi connectivity index (χ3v) is 6.15. The molecular weight excluding hydrogens is 360 g/mol. The average Bonchev–Trinajstić information content (AvgIpc) is 3.44. The first-order valence-corrected chi connectivity index (χ1v) is 10.5. The zero-order valence-corrected chi connectivity index (χ0v) is 16.8. The van der Waals surface area contributed by atoms with Crippen LogP contribution < -0.4 is 5.32 Å². The number of rotatable bonds is 7. The largest absolute Gasteiger partial charge is 0.354 e. The number of hydrogen-bond donors (Lipinski definition) is 1. The fourth-order valence-electron chi connectivity index (χ4n) is 4.42. The summed E-state index contributed by atoms with van der Waals surface area (Å²) >= 11 is 0. The van der Waals surface area contributed by atoms with Gasteiger partial charge in [-0.15, -0.1) is 5.10 Å². The van der Waals surface area contributed by atoms with Gasteiger partial charge in [0.05, 0.1) is 31.4 Å². The zero-order chi connectivity index (χ0) is 19.4. The highest BCUT2D eigenvalue weighted by Gasteiger charge is 2.51. The summed E-state index contributed by atoms with van der Waals surface area (Å²) in [5, 5.41) is 11.5. The molecule has 4 rings (SSSR count). The lowest BCUT2D eigenvalue weighted by Gasteiger charge is -2.32. The molecule has 3 heterocycles. The SMILES string of the molecule is CN1CCN(CCc2cn(CCNC(=O)C3CCCC34OCCO4)nn2)CC1. The fraction of sp³-hybridized carbons (Fsp3) is 0.842. The highest BCUT2D eigenvalue weighted by molar-refractivity contribution is 5.80. The number of ether oxygens (including phenoxy) is 2. The molecule has 1 aromatic rings. The van der Waals surface area contributed by atoms with Gasteiger partial charge in [0.1, 0.15) is 0 Å². The Hall–Kier alpha value is -1.55. The molecule has 9 heteroatoms. The summed E-state index contributed by atoms with van der Waals surface area (Å²) in [6.45, 7) is 7.84. The summed E-state index contributed by atoms with van der Waals surface area (Å²) in [6.07, 6.45) is 5.51. The van der Waals surface area contributed by atoms with Gasteiger partial charge in [0.25, 0.3) is 0 Å². The van der Waals surface area contributed by atoms with Crippen molar-refractivity contribution in [3.63, 3.8) is 0 Å². The smallest absolute Gasteiger partial charge is 0.228 e. The van der Waals surface area contributed by atoms with Gasteiger partial charge < -0.3 is 24.6 Å². The van der Waals surface area contributed by atoms with E-state index in [4.69, 9.17) is 9.47 Å². The molecular formula is C19H32N6O3. The number of aromatic nitrogens is 3. The van der Waals surface area contributed by atoms with Gasteiger partial charge in [-0.1, -0.05) is 5.21 Å². The normalized spacial score (nSPS) is 25.5. The Kier molecular flexibility index (Phi) is 6.25. The lowest BCUT2D eigenvalue weighted by molar-refractivity contribution is -0.186. The van der Waals surface area contributed by atoms with Crippen molar-refractivity contribution in [2.75, 3.05) is 59.5 Å². The Morgan fingerprint density at radius 3 is 2.82 bits per heavy atom. The minimum absolute atomic E-state index is 0.0230. The summed E-state index contributed by atoms with van der Waals surface area (Å²) in [4.78, 5) is 17.4. The molecule has 0 aromatic carbocycles. The van der Waals surface area contributed by atoms with Crippen LogP contribution in [0.2, 0.25) is 0 Å². The van der Waals surface area contributed by atoms with Gasteiger partial charge >= 0.3 is 0 Å². The number of nitrogens with zero attached hydrogens (tertiary/aromatic N) is 5. The predicted octanol–water partition coefficient (Wildman–Crippen LogP) is -0.273. The minimum atomic E-state index is -0.673. The Morgan fingerprint density at radius 2 is 2.04 bits per heavy atom. The van der Waals surface area contributed by atoms with E-state index in [0.29, 0.717) is 26.3 Å². The van der Waals surface area contributed by atoms with Crippen LogP contribution in [0.4, 0.5) is 0 Å². The van der Waals surface area contributed by atoms with Crippen molar-refractivity contribution in [1.82, 2.24) is 30.1 Å². The minimum Gasteiger partial charge on any atom is -0.354 e. The van der Waals surface area contributed by atoms with Crippen LogP contribution in [0.3, 0.4) is 0 Å². The zero-order valence-electron chi connectivity index (χ0n) is 16.8. The van der Waals surface area contributed by atoms with E-state index in [1.165, 1.54) is 0 Å². The number of piperazine rings is 1. The molecule has 1 atom stereocenters. The van der Waals surface area contributed by atoms with Gasteiger partial charge in [0.2, 0.25) is 5.91 Å².